The average molecular weight is 1770 g/mol. The molecule has 0 aromatic heterocycles. The lowest BCUT2D eigenvalue weighted by molar-refractivity contribution is 0.590. The minimum Gasteiger partial charge on any atom is -0.0622 e. The van der Waals surface area contributed by atoms with Crippen molar-refractivity contribution in [3.05, 3.63) is 442 Å². The van der Waals surface area contributed by atoms with Gasteiger partial charge in [0, 0.05) is 0 Å². The summed E-state index contributed by atoms with van der Waals surface area (Å²) in [5, 5.41) is 0. The molecule has 1 aliphatic carbocycles. The van der Waals surface area contributed by atoms with Crippen LogP contribution in [-0.2, 0) is 48.7 Å². The molecule has 0 atom stereocenters. The Labute approximate surface area is 814 Å². The predicted molar refractivity (Wildman–Crippen MR) is 589 cm³/mol. The lowest BCUT2D eigenvalue weighted by Gasteiger charge is -2.36. The molecule has 0 bridgehead atoms. The van der Waals surface area contributed by atoms with Crippen LogP contribution < -0.4 is 0 Å². The van der Waals surface area contributed by atoms with E-state index in [0.29, 0.717) is 0 Å². The van der Waals surface area contributed by atoms with Gasteiger partial charge >= 0.3 is 0 Å². The summed E-state index contributed by atoms with van der Waals surface area (Å²) in [5.74, 6) is 0. The Balaban J connectivity index is 1.02. The van der Waals surface area contributed by atoms with Gasteiger partial charge in [0.2, 0.25) is 0 Å². The zero-order valence-electron chi connectivity index (χ0n) is 85.2. The number of fused-ring (bicyclic) bond motifs is 3. The maximum Gasteiger partial charge on any atom is 0.0714 e. The molecule has 0 saturated heterocycles. The van der Waals surface area contributed by atoms with Crippen molar-refractivity contribution in [1.29, 1.82) is 0 Å². The monoisotopic (exact) mass is 1770 g/mol. The van der Waals surface area contributed by atoms with Gasteiger partial charge in [0.1, 0.15) is 0 Å². The van der Waals surface area contributed by atoms with Crippen molar-refractivity contribution in [2.75, 3.05) is 0 Å². The van der Waals surface area contributed by atoms with Crippen molar-refractivity contribution in [2.45, 2.75) is 222 Å². The first-order chi connectivity index (χ1) is 64.2. The smallest absolute Gasteiger partial charge is 0.0622 e. The molecule has 0 saturated carbocycles. The molecule has 0 N–H and O–H groups in total. The van der Waals surface area contributed by atoms with E-state index in [0.717, 1.165) is 100 Å². The van der Waals surface area contributed by atoms with E-state index in [9.17, 15) is 0 Å². The van der Waals surface area contributed by atoms with E-state index in [2.05, 4.69) is 543 Å². The molecule has 17 aromatic carbocycles. The quantitative estimate of drug-likeness (QED) is 0.0960. The van der Waals surface area contributed by atoms with E-state index in [-0.39, 0.29) is 43.3 Å². The summed E-state index contributed by atoms with van der Waals surface area (Å²) in [6.45, 7) is 57.8. The van der Waals surface area contributed by atoms with Crippen LogP contribution >= 0.6 is 0 Å². The molecule has 0 heterocycles. The number of hydrogen-bond acceptors (Lipinski definition) is 0. The van der Waals surface area contributed by atoms with Crippen LogP contribution in [0.2, 0.25) is 0 Å². The van der Waals surface area contributed by atoms with Crippen molar-refractivity contribution in [1.82, 2.24) is 0 Å². The summed E-state index contributed by atoms with van der Waals surface area (Å²) in [4.78, 5) is 0. The van der Waals surface area contributed by atoms with Crippen LogP contribution in [0.1, 0.15) is 238 Å². The largest absolute Gasteiger partial charge is 0.0714 e. The standard InChI is InChI=1S/C136H136/c1-87-34-67-125-124(68-87)127-123(96-30-27-26-28-31-96)32-29-33-126(127)136(125,121-83-109(105-73-97(88-35-51-113(52-36-88)128(2,3)4)69-98(74-105)89-37-53-114(54-38-89)129(5,6)7)81-110(84-121)106-75-99(90-39-55-115(56-40-90)130(8,9)10)70-100(76-106)91-41-57-116(58-42-91)131(11,12)13)122-85-111(107-77-101(92-43-59-117(60-44-92)132(14,15)16)71-102(78-107)93-45-61-118(62-46-93)133(17,18)19)82-112(86-122)108-79-103(94-47-63-119(64-48-94)134(20,21)22)72-104(80-108)95-49-65-120(66-50-95)135(23,24)25/h26-86H,1-25H3. The Morgan fingerprint density at radius 3 is 0.529 bits per heavy atom. The van der Waals surface area contributed by atoms with Crippen LogP contribution in [0.4, 0.5) is 0 Å². The summed E-state index contributed by atoms with van der Waals surface area (Å²) in [6.07, 6.45) is 0. The summed E-state index contributed by atoms with van der Waals surface area (Å²) >= 11 is 0. The van der Waals surface area contributed by atoms with Crippen LogP contribution in [0.25, 0.3) is 156 Å². The van der Waals surface area contributed by atoms with E-state index in [1.54, 1.807) is 0 Å². The number of benzene rings is 17. The second-order valence-electron chi connectivity index (χ2n) is 47.3. The highest BCUT2D eigenvalue weighted by Crippen LogP contribution is 2.61. The second-order valence-corrected chi connectivity index (χ2v) is 47.3. The topological polar surface area (TPSA) is 0 Å². The SMILES string of the molecule is Cc1ccc2c(c1)-c1c(-c3ccccc3)cccc1C2(c1cc(-c2cc(-c3ccc(C(C)(C)C)cc3)cc(-c3ccc(C(C)(C)C)cc3)c2)cc(-c2cc(-c3ccc(C(C)(C)C)cc3)cc(-c3ccc(C(C)(C)C)cc3)c2)c1)c1cc(-c2cc(-c3ccc(C(C)(C)C)cc3)cc(-c3ccc(C(C)(C)C)cc3)c2)cc(-c2cc(-c3ccc(C(C)(C)C)cc3)cc(-c3ccc(C(C)(C)C)cc3)c2)c1. The van der Waals surface area contributed by atoms with Crippen molar-refractivity contribution in [3.8, 4) is 156 Å². The van der Waals surface area contributed by atoms with Crippen molar-refractivity contribution < 1.29 is 0 Å². The first-order valence-electron chi connectivity index (χ1n) is 49.4. The molecule has 0 fully saturated rings. The van der Waals surface area contributed by atoms with Crippen LogP contribution in [0.3, 0.4) is 0 Å². The third-order valence-electron chi connectivity index (χ3n) is 28.9. The van der Waals surface area contributed by atoms with Gasteiger partial charge in [-0.15, -0.1) is 0 Å². The van der Waals surface area contributed by atoms with Gasteiger partial charge in [0.15, 0.2) is 0 Å². The molecule has 0 radical (unpaired) electrons. The van der Waals surface area contributed by atoms with E-state index in [4.69, 9.17) is 0 Å². The molecule has 136 heavy (non-hydrogen) atoms. The van der Waals surface area contributed by atoms with Gasteiger partial charge in [-0.25, -0.2) is 0 Å². The van der Waals surface area contributed by atoms with Crippen LogP contribution in [0.15, 0.2) is 370 Å². The summed E-state index contributed by atoms with van der Waals surface area (Å²) < 4.78 is 0. The first-order valence-corrected chi connectivity index (χ1v) is 49.4. The van der Waals surface area contributed by atoms with Gasteiger partial charge in [0.05, 0.1) is 5.41 Å². The zero-order valence-corrected chi connectivity index (χ0v) is 85.2. The van der Waals surface area contributed by atoms with Crippen molar-refractivity contribution >= 4 is 0 Å². The minimum atomic E-state index is -1.06. The van der Waals surface area contributed by atoms with Crippen LogP contribution in [0.5, 0.6) is 0 Å². The molecular formula is C136H136. The van der Waals surface area contributed by atoms with Gasteiger partial charge in [-0.05, 0) is 382 Å². The Morgan fingerprint density at radius 1 is 0.140 bits per heavy atom. The highest BCUT2D eigenvalue weighted by Gasteiger charge is 2.48. The molecule has 0 unspecified atom stereocenters. The lowest BCUT2D eigenvalue weighted by atomic mass is 9.65. The predicted octanol–water partition coefficient (Wildman–Crippen LogP) is 38.4. The molecule has 17 aromatic rings. The fourth-order valence-corrected chi connectivity index (χ4v) is 20.3. The third-order valence-corrected chi connectivity index (χ3v) is 28.9. The zero-order chi connectivity index (χ0) is 96.3. The molecule has 0 heteroatoms. The second kappa shape index (κ2) is 35.1. The lowest BCUT2D eigenvalue weighted by Crippen LogP contribution is -2.29. The molecule has 18 rings (SSSR count). The highest BCUT2D eigenvalue weighted by atomic mass is 14.5. The molecular weight excluding hydrogens is 1630 g/mol. The van der Waals surface area contributed by atoms with Crippen LogP contribution in [-0.4, -0.2) is 0 Å². The van der Waals surface area contributed by atoms with Crippen LogP contribution in [0, 0.1) is 6.92 Å². The third kappa shape index (κ3) is 19.0. The summed E-state index contributed by atoms with van der Waals surface area (Å²) in [6, 6.07) is 146. The summed E-state index contributed by atoms with van der Waals surface area (Å²) in [5.41, 5.74) is 47.3. The van der Waals surface area contributed by atoms with E-state index >= 15 is 0 Å². The Morgan fingerprint density at radius 2 is 0.331 bits per heavy atom. The number of aryl methyl sites for hydroxylation is 1. The van der Waals surface area contributed by atoms with Gasteiger partial charge in [0.25, 0.3) is 0 Å². The molecule has 0 aliphatic heterocycles. The van der Waals surface area contributed by atoms with Gasteiger partial charge < -0.3 is 0 Å². The fraction of sp³-hybridized carbons (Fsp3) is 0.250. The number of rotatable bonds is 15. The Hall–Kier alpha value is -13.3. The molecule has 1 aliphatic rings. The molecule has 0 amide bonds. The van der Waals surface area contributed by atoms with E-state index in [1.807, 2.05) is 0 Å². The maximum absolute atomic E-state index is 2.63. The first kappa shape index (κ1) is 93.2. The molecule has 680 valence electrons. The highest BCUT2D eigenvalue weighted by molar-refractivity contribution is 5.99. The molecule has 0 nitrogen and oxygen atoms in total. The van der Waals surface area contributed by atoms with Crippen molar-refractivity contribution in [2.24, 2.45) is 0 Å². The van der Waals surface area contributed by atoms with E-state index in [1.165, 1.54) is 128 Å². The number of hydrogen-bond donors (Lipinski definition) is 0. The minimum absolute atomic E-state index is 0.0377. The fourth-order valence-electron chi connectivity index (χ4n) is 20.3. The van der Waals surface area contributed by atoms with Gasteiger partial charge in [-0.1, -0.05) is 433 Å². The van der Waals surface area contributed by atoms with Crippen molar-refractivity contribution in [3.63, 3.8) is 0 Å². The average Bonchev–Trinajstić information content (AvgIpc) is 1.52. The van der Waals surface area contributed by atoms with Gasteiger partial charge in [-0.3, -0.25) is 0 Å². The molecule has 0 spiro atoms. The van der Waals surface area contributed by atoms with E-state index < -0.39 is 5.41 Å². The van der Waals surface area contributed by atoms with Gasteiger partial charge in [-0.2, -0.15) is 0 Å². The summed E-state index contributed by atoms with van der Waals surface area (Å²) in [7, 11) is 0. The normalized spacial score (nSPS) is 13.1. The Kier molecular flexibility index (Phi) is 24.1. The maximum atomic E-state index is 2.63. The Bertz CT molecular complexity index is 6270.